The first-order valence-electron chi connectivity index (χ1n) is 41.9. The van der Waals surface area contributed by atoms with Crippen LogP contribution in [0.5, 0.6) is 0 Å². The highest BCUT2D eigenvalue weighted by Gasteiger charge is 2.27. The zero-order valence-corrected chi connectivity index (χ0v) is 71.9. The van der Waals surface area contributed by atoms with E-state index in [2.05, 4.69) is 400 Å². The lowest BCUT2D eigenvalue weighted by Gasteiger charge is -2.28. The van der Waals surface area contributed by atoms with Gasteiger partial charge in [-0.25, -0.2) is 0 Å². The Balaban J connectivity index is 0.000000122. The molecule has 0 fully saturated rings. The minimum absolute atomic E-state index is 0.0511. The second kappa shape index (κ2) is 30.3. The molecule has 0 saturated heterocycles. The molecule has 0 amide bonds. The van der Waals surface area contributed by atoms with Gasteiger partial charge < -0.3 is 19.1 Å². The van der Waals surface area contributed by atoms with Crippen molar-refractivity contribution >= 4 is 216 Å². The van der Waals surface area contributed by atoms with Crippen LogP contribution in [-0.4, -0.2) is 9.97 Å². The van der Waals surface area contributed by atoms with Crippen LogP contribution >= 0.6 is 38.6 Å². The van der Waals surface area contributed by atoms with Crippen molar-refractivity contribution in [1.29, 1.82) is 0 Å². The molecular formula is C114H81BrN4O2S2. The topological polar surface area (TPSA) is 67.3 Å². The molecule has 6 aromatic heterocycles. The lowest BCUT2D eigenvalue weighted by molar-refractivity contribution is 0.590. The number of nitrogens with one attached hydrogen (secondary N) is 1. The average molecular weight is 1680 g/mol. The maximum Gasteiger partial charge on any atom is 0.159 e. The summed E-state index contributed by atoms with van der Waals surface area (Å²) in [6, 6.07) is 131. The number of para-hydroxylation sites is 6. The van der Waals surface area contributed by atoms with Crippen LogP contribution in [0.3, 0.4) is 0 Å². The summed E-state index contributed by atoms with van der Waals surface area (Å²) in [7, 11) is 0. The Hall–Kier alpha value is -14.1. The van der Waals surface area contributed by atoms with E-state index in [1.165, 1.54) is 122 Å². The highest BCUT2D eigenvalue weighted by Crippen LogP contribution is 2.51. The van der Waals surface area contributed by atoms with Gasteiger partial charge in [-0.1, -0.05) is 300 Å². The molecule has 0 aliphatic rings. The van der Waals surface area contributed by atoms with Crippen LogP contribution in [0.2, 0.25) is 0 Å². The molecule has 6 heterocycles. The van der Waals surface area contributed by atoms with E-state index >= 15 is 0 Å². The highest BCUT2D eigenvalue weighted by atomic mass is 79.9. The summed E-state index contributed by atoms with van der Waals surface area (Å²) in [5.74, 6) is 0. The fraction of sp³-hybridized carbons (Fsp3) is 0.0702. The van der Waals surface area contributed by atoms with E-state index in [-0.39, 0.29) is 10.8 Å². The van der Waals surface area contributed by atoms with Gasteiger partial charge >= 0.3 is 0 Å². The van der Waals surface area contributed by atoms with Crippen LogP contribution in [0.1, 0.15) is 52.7 Å². The normalized spacial score (nSPS) is 12.0. The first-order chi connectivity index (χ1) is 60.2. The number of hydrogen-bond acceptors (Lipinski definition) is 8. The van der Waals surface area contributed by atoms with Crippen LogP contribution in [0.15, 0.2) is 390 Å². The first kappa shape index (κ1) is 75.2. The molecule has 24 rings (SSSR count). The minimum Gasteiger partial charge on any atom is -0.453 e. The highest BCUT2D eigenvalue weighted by molar-refractivity contribution is 9.10. The number of rotatable bonds is 9. The molecular weight excluding hydrogens is 1600 g/mol. The Morgan fingerprint density at radius 2 is 0.650 bits per heavy atom. The first-order valence-corrected chi connectivity index (χ1v) is 44.3. The average Bonchev–Trinajstić information content (AvgIpc) is 1.70. The van der Waals surface area contributed by atoms with Crippen LogP contribution in [0.25, 0.3) is 194 Å². The number of anilines is 5. The van der Waals surface area contributed by atoms with Crippen molar-refractivity contribution in [1.82, 2.24) is 9.97 Å². The van der Waals surface area contributed by atoms with Gasteiger partial charge in [-0.15, -0.1) is 22.7 Å². The van der Waals surface area contributed by atoms with Crippen molar-refractivity contribution in [3.05, 3.63) is 392 Å². The Bertz CT molecular complexity index is 8320. The fourth-order valence-corrected chi connectivity index (χ4v) is 21.0. The van der Waals surface area contributed by atoms with Gasteiger partial charge in [0.15, 0.2) is 11.2 Å². The van der Waals surface area contributed by atoms with E-state index in [4.69, 9.17) is 13.8 Å². The number of thiophene rings is 2. The number of benzene rings is 18. The molecule has 0 saturated carbocycles. The summed E-state index contributed by atoms with van der Waals surface area (Å²) in [6.45, 7) is 13.5. The maximum absolute atomic E-state index is 7.09. The molecule has 0 bridgehead atoms. The third-order valence-electron chi connectivity index (χ3n) is 24.5. The van der Waals surface area contributed by atoms with Crippen molar-refractivity contribution in [3.8, 4) is 44.8 Å². The van der Waals surface area contributed by atoms with Gasteiger partial charge in [0.2, 0.25) is 0 Å². The predicted octanol–water partition coefficient (Wildman–Crippen LogP) is 34.5. The largest absolute Gasteiger partial charge is 0.453 e. The number of fused-ring (bicyclic) bond motifs is 24. The summed E-state index contributed by atoms with van der Waals surface area (Å²) in [4.78, 5) is 11.7. The van der Waals surface area contributed by atoms with Gasteiger partial charge in [0.25, 0.3) is 0 Å². The van der Waals surface area contributed by atoms with Gasteiger partial charge in [0, 0.05) is 112 Å². The van der Waals surface area contributed by atoms with E-state index < -0.39 is 0 Å². The van der Waals surface area contributed by atoms with E-state index in [0.717, 1.165) is 116 Å². The van der Waals surface area contributed by atoms with E-state index in [9.17, 15) is 0 Å². The van der Waals surface area contributed by atoms with Crippen molar-refractivity contribution in [2.45, 2.75) is 52.4 Å². The molecule has 123 heavy (non-hydrogen) atoms. The Labute approximate surface area is 728 Å². The Morgan fingerprint density at radius 3 is 1.19 bits per heavy atom. The molecule has 24 aromatic rings. The van der Waals surface area contributed by atoms with Crippen LogP contribution in [0.4, 0.5) is 28.4 Å². The minimum atomic E-state index is 0.0511. The Kier molecular flexibility index (Phi) is 18.5. The van der Waals surface area contributed by atoms with Crippen LogP contribution in [-0.2, 0) is 10.8 Å². The molecule has 0 aliphatic carbocycles. The number of nitrogens with zero attached hydrogens (tertiary/aromatic N) is 3. The number of pyridine rings is 2. The summed E-state index contributed by atoms with van der Waals surface area (Å²) in [5, 5.41) is 28.7. The lowest BCUT2D eigenvalue weighted by Crippen LogP contribution is -2.12. The number of hydrogen-bond donors (Lipinski definition) is 1. The molecule has 0 unspecified atom stereocenters. The molecule has 0 aliphatic heterocycles. The van der Waals surface area contributed by atoms with Gasteiger partial charge in [-0.3, -0.25) is 9.97 Å². The second-order valence-electron chi connectivity index (χ2n) is 34.0. The monoisotopic (exact) mass is 1680 g/mol. The number of aromatic nitrogens is 2. The van der Waals surface area contributed by atoms with E-state index in [0.29, 0.717) is 0 Å². The molecule has 588 valence electrons. The van der Waals surface area contributed by atoms with Gasteiger partial charge in [0.05, 0.1) is 28.5 Å². The van der Waals surface area contributed by atoms with Crippen molar-refractivity contribution in [3.63, 3.8) is 0 Å². The SMILES string of the molecule is Brc1ccc2c(c1)c1ccccc1c1cc3sc4ccccc4c3cc21.CC(C)(C)c1ccc(-c2ccccc2N(c2ccc3c(c2)c2ccccc2c2cc4sc5ccccc5c4cc32)c2cccc3c2oc2c(-c4ccccn4)cccc23)cc1.CC(C)(C)c1ccc(-c2ccccc2Nc2cccc3c2oc2c(-c4ccccn4)cccc23)cc1. The second-order valence-corrected chi connectivity index (χ2v) is 37.1. The zero-order chi connectivity index (χ0) is 82.8. The van der Waals surface area contributed by atoms with Crippen molar-refractivity contribution in [2.24, 2.45) is 0 Å². The molecule has 0 radical (unpaired) electrons. The van der Waals surface area contributed by atoms with Crippen LogP contribution < -0.4 is 10.2 Å². The molecule has 6 nitrogen and oxygen atoms in total. The van der Waals surface area contributed by atoms with E-state index in [1.807, 2.05) is 71.5 Å². The molecule has 9 heteroatoms. The standard InChI is InChI=1S/C57H40N2OS.C33H28N2O.C24H13BrS/c1-57(2,3)36-27-25-35(26-28-36)38-14-6-8-22-51(38)59(52-23-13-19-44-43-18-12-20-45(55(43)60-56(44)52)50-21-10-11-31-58-50)37-29-30-41-46(32-37)39-15-4-5-16-40(39)48-34-54-49(33-47(41)48)42-17-7-9-24-53(42)61-54;1-33(2,3)23-19-17-22(18-20-23)24-10-4-5-15-29(24)35-30-16-9-12-26-25-11-8-13-27(31(25)36-32(26)30)28-14-6-7-21-34-28;25-14-9-10-17-19(11-14)15-5-1-2-6-16(15)21-13-24-22(12-20(17)21)18-7-3-4-8-23(18)26-24/h4-34H,1-3H3;4-21,35H,1-3H3;1-13H. The predicted molar refractivity (Wildman–Crippen MR) is 532 cm³/mol. The van der Waals surface area contributed by atoms with E-state index in [1.54, 1.807) is 0 Å². The van der Waals surface area contributed by atoms with Gasteiger partial charge in [-0.2, -0.15) is 0 Å². The fourth-order valence-electron chi connectivity index (χ4n) is 18.4. The quantitative estimate of drug-likeness (QED) is 0.145. The summed E-state index contributed by atoms with van der Waals surface area (Å²) in [6.07, 6.45) is 3.65. The third kappa shape index (κ3) is 13.3. The maximum atomic E-state index is 7.09. The van der Waals surface area contributed by atoms with Gasteiger partial charge in [-0.05, 0) is 219 Å². The van der Waals surface area contributed by atoms with Crippen molar-refractivity contribution in [2.75, 3.05) is 10.2 Å². The summed E-state index contributed by atoms with van der Waals surface area (Å²) < 4.78 is 20.1. The summed E-state index contributed by atoms with van der Waals surface area (Å²) in [5.41, 5.74) is 19.6. The molecule has 1 N–H and O–H groups in total. The smallest absolute Gasteiger partial charge is 0.159 e. The zero-order valence-electron chi connectivity index (χ0n) is 68.6. The molecule has 18 aromatic carbocycles. The molecule has 0 spiro atoms. The number of furan rings is 2. The molecule has 0 atom stereocenters. The van der Waals surface area contributed by atoms with Crippen molar-refractivity contribution < 1.29 is 8.83 Å². The third-order valence-corrected chi connectivity index (χ3v) is 27.2. The lowest BCUT2D eigenvalue weighted by atomic mass is 9.86. The van der Waals surface area contributed by atoms with Gasteiger partial charge in [0.1, 0.15) is 11.2 Å². The summed E-state index contributed by atoms with van der Waals surface area (Å²) >= 11 is 7.41. The number of halogens is 1. The Morgan fingerprint density at radius 1 is 0.268 bits per heavy atom. The van der Waals surface area contributed by atoms with Crippen LogP contribution in [0, 0.1) is 0 Å².